The fourth-order valence-electron chi connectivity index (χ4n) is 3.69. The maximum Gasteiger partial charge on any atom is 0.191 e. The fraction of sp³-hybridized carbons (Fsp3) is 0.583. The Bertz CT molecular complexity index is 778. The van der Waals surface area contributed by atoms with E-state index in [0.717, 1.165) is 76.7 Å². The van der Waals surface area contributed by atoms with Gasteiger partial charge >= 0.3 is 0 Å². The minimum Gasteiger partial charge on any atom is -0.378 e. The molecule has 178 valence electrons. The van der Waals surface area contributed by atoms with Gasteiger partial charge in [0.05, 0.1) is 23.4 Å². The Kier molecular flexibility index (Phi) is 13.2. The van der Waals surface area contributed by atoms with E-state index in [-0.39, 0.29) is 24.0 Å². The van der Waals surface area contributed by atoms with E-state index in [0.29, 0.717) is 12.6 Å². The first-order valence-electron chi connectivity index (χ1n) is 11.6. The van der Waals surface area contributed by atoms with Crippen molar-refractivity contribution in [2.45, 2.75) is 58.7 Å². The summed E-state index contributed by atoms with van der Waals surface area (Å²) in [6, 6.07) is 10.7. The second kappa shape index (κ2) is 15.6. The standard InChI is InChI=1S/C24H37N5OS.HI/c1-3-23-28-21(19-31-23)17-27-24(25-4-2)26-13-8-16-30-22-11-14-29(15-12-22)18-20-9-6-5-7-10-20;/h5-7,9-10,19,22H,3-4,8,11-18H2,1-2H3,(H2,25,26,27);1H. The van der Waals surface area contributed by atoms with Gasteiger partial charge < -0.3 is 15.4 Å². The molecule has 1 saturated heterocycles. The molecular formula is C24H38IN5OS. The lowest BCUT2D eigenvalue weighted by molar-refractivity contribution is 0.00534. The number of aliphatic imine (C=N–C) groups is 1. The summed E-state index contributed by atoms with van der Waals surface area (Å²) < 4.78 is 6.13. The Balaban J connectivity index is 0.00000363. The number of halogens is 1. The molecule has 2 aromatic rings. The number of ether oxygens (including phenoxy) is 1. The lowest BCUT2D eigenvalue weighted by Gasteiger charge is -2.32. The zero-order valence-corrected chi connectivity index (χ0v) is 22.5. The number of hydrogen-bond donors (Lipinski definition) is 2. The van der Waals surface area contributed by atoms with E-state index in [1.165, 1.54) is 10.6 Å². The highest BCUT2D eigenvalue weighted by atomic mass is 127. The number of hydrogen-bond acceptors (Lipinski definition) is 5. The molecule has 1 aromatic heterocycles. The summed E-state index contributed by atoms with van der Waals surface area (Å²) in [5.74, 6) is 0.850. The molecular weight excluding hydrogens is 533 g/mol. The Hall–Kier alpha value is -1.23. The molecule has 3 rings (SSSR count). The van der Waals surface area contributed by atoms with Crippen LogP contribution in [0.2, 0.25) is 0 Å². The number of piperidine rings is 1. The van der Waals surface area contributed by atoms with Gasteiger partial charge in [0.2, 0.25) is 0 Å². The molecule has 32 heavy (non-hydrogen) atoms. The van der Waals surface area contributed by atoms with Crippen molar-refractivity contribution in [2.75, 3.05) is 32.8 Å². The number of rotatable bonds is 11. The van der Waals surface area contributed by atoms with Crippen LogP contribution in [0.25, 0.3) is 0 Å². The number of nitrogens with zero attached hydrogens (tertiary/aromatic N) is 3. The fourth-order valence-corrected chi connectivity index (χ4v) is 4.43. The summed E-state index contributed by atoms with van der Waals surface area (Å²) in [4.78, 5) is 11.8. The van der Waals surface area contributed by atoms with E-state index >= 15 is 0 Å². The Morgan fingerprint density at radius 1 is 1.19 bits per heavy atom. The minimum atomic E-state index is 0. The summed E-state index contributed by atoms with van der Waals surface area (Å²) in [7, 11) is 0. The van der Waals surface area contributed by atoms with Crippen LogP contribution in [0, 0.1) is 0 Å². The van der Waals surface area contributed by atoms with Gasteiger partial charge in [-0.15, -0.1) is 35.3 Å². The highest BCUT2D eigenvalue weighted by molar-refractivity contribution is 14.0. The lowest BCUT2D eigenvalue weighted by atomic mass is 10.1. The van der Waals surface area contributed by atoms with Crippen molar-refractivity contribution < 1.29 is 4.74 Å². The maximum absolute atomic E-state index is 6.13. The summed E-state index contributed by atoms with van der Waals surface area (Å²) in [6.45, 7) is 10.6. The largest absolute Gasteiger partial charge is 0.378 e. The summed E-state index contributed by atoms with van der Waals surface area (Å²) >= 11 is 1.71. The highest BCUT2D eigenvalue weighted by Crippen LogP contribution is 2.16. The van der Waals surface area contributed by atoms with Crippen LogP contribution in [0.3, 0.4) is 0 Å². The molecule has 1 aromatic carbocycles. The van der Waals surface area contributed by atoms with Crippen LogP contribution in [0.4, 0.5) is 0 Å². The molecule has 1 fully saturated rings. The molecule has 1 aliphatic rings. The van der Waals surface area contributed by atoms with E-state index < -0.39 is 0 Å². The third kappa shape index (κ3) is 9.72. The van der Waals surface area contributed by atoms with Gasteiger partial charge in [-0.1, -0.05) is 37.3 Å². The van der Waals surface area contributed by atoms with E-state index in [1.54, 1.807) is 11.3 Å². The van der Waals surface area contributed by atoms with Gasteiger partial charge in [-0.3, -0.25) is 4.90 Å². The molecule has 8 heteroatoms. The normalized spacial score (nSPS) is 15.4. The van der Waals surface area contributed by atoms with Gasteiger partial charge in [0.25, 0.3) is 0 Å². The molecule has 0 aliphatic carbocycles. The van der Waals surface area contributed by atoms with Crippen LogP contribution in [-0.4, -0.2) is 54.7 Å². The van der Waals surface area contributed by atoms with Crippen molar-refractivity contribution in [3.63, 3.8) is 0 Å². The van der Waals surface area contributed by atoms with Gasteiger partial charge in [-0.25, -0.2) is 9.98 Å². The Morgan fingerprint density at radius 2 is 1.97 bits per heavy atom. The average molecular weight is 572 g/mol. The number of aromatic nitrogens is 1. The number of aryl methyl sites for hydroxylation is 1. The third-order valence-electron chi connectivity index (χ3n) is 5.40. The smallest absolute Gasteiger partial charge is 0.191 e. The van der Waals surface area contributed by atoms with Gasteiger partial charge in [-0.05, 0) is 38.2 Å². The van der Waals surface area contributed by atoms with Crippen molar-refractivity contribution in [3.05, 3.63) is 52.0 Å². The summed E-state index contributed by atoms with van der Waals surface area (Å²) in [5.41, 5.74) is 2.44. The Labute approximate surface area is 214 Å². The molecule has 0 radical (unpaired) electrons. The van der Waals surface area contributed by atoms with Crippen LogP contribution in [0.15, 0.2) is 40.7 Å². The highest BCUT2D eigenvalue weighted by Gasteiger charge is 2.19. The van der Waals surface area contributed by atoms with Crippen LogP contribution in [-0.2, 0) is 24.2 Å². The predicted octanol–water partition coefficient (Wildman–Crippen LogP) is 4.45. The maximum atomic E-state index is 6.13. The van der Waals surface area contributed by atoms with Crippen LogP contribution >= 0.6 is 35.3 Å². The minimum absolute atomic E-state index is 0. The van der Waals surface area contributed by atoms with Gasteiger partial charge in [0.1, 0.15) is 0 Å². The van der Waals surface area contributed by atoms with Crippen molar-refractivity contribution in [2.24, 2.45) is 4.99 Å². The third-order valence-corrected chi connectivity index (χ3v) is 6.44. The number of likely N-dealkylation sites (tertiary alicyclic amines) is 1. The summed E-state index contributed by atoms with van der Waals surface area (Å²) in [6.07, 6.45) is 4.60. The van der Waals surface area contributed by atoms with Crippen molar-refractivity contribution >= 4 is 41.3 Å². The van der Waals surface area contributed by atoms with E-state index in [9.17, 15) is 0 Å². The molecule has 0 amide bonds. The molecule has 0 atom stereocenters. The quantitative estimate of drug-likeness (QED) is 0.181. The first-order chi connectivity index (χ1) is 15.3. The Morgan fingerprint density at radius 3 is 2.66 bits per heavy atom. The molecule has 1 aliphatic heterocycles. The zero-order chi connectivity index (χ0) is 21.7. The van der Waals surface area contributed by atoms with Crippen molar-refractivity contribution in [1.82, 2.24) is 20.5 Å². The SMILES string of the molecule is CCNC(=NCc1csc(CC)n1)NCCCOC1CCN(Cc2ccccc2)CC1.I. The first kappa shape index (κ1) is 27.0. The van der Waals surface area contributed by atoms with Gasteiger partial charge in [-0.2, -0.15) is 0 Å². The molecule has 0 unspecified atom stereocenters. The summed E-state index contributed by atoms with van der Waals surface area (Å²) in [5, 5.41) is 9.99. The number of guanidine groups is 1. The van der Waals surface area contributed by atoms with Gasteiger partial charge in [0, 0.05) is 44.7 Å². The van der Waals surface area contributed by atoms with Crippen molar-refractivity contribution in [3.8, 4) is 0 Å². The molecule has 0 spiro atoms. The topological polar surface area (TPSA) is 61.8 Å². The van der Waals surface area contributed by atoms with E-state index in [4.69, 9.17) is 4.74 Å². The van der Waals surface area contributed by atoms with E-state index in [1.807, 2.05) is 0 Å². The molecule has 2 N–H and O–H groups in total. The number of thiazole rings is 1. The van der Waals surface area contributed by atoms with Crippen LogP contribution in [0.5, 0.6) is 0 Å². The average Bonchev–Trinajstić information content (AvgIpc) is 3.27. The molecule has 6 nitrogen and oxygen atoms in total. The van der Waals surface area contributed by atoms with Crippen LogP contribution < -0.4 is 10.6 Å². The molecule has 0 saturated carbocycles. The first-order valence-corrected chi connectivity index (χ1v) is 12.5. The molecule has 2 heterocycles. The second-order valence-electron chi connectivity index (χ2n) is 7.89. The second-order valence-corrected chi connectivity index (χ2v) is 8.84. The lowest BCUT2D eigenvalue weighted by Crippen LogP contribution is -2.38. The van der Waals surface area contributed by atoms with Crippen molar-refractivity contribution in [1.29, 1.82) is 0 Å². The number of nitrogens with one attached hydrogen (secondary N) is 2. The number of benzene rings is 1. The van der Waals surface area contributed by atoms with Gasteiger partial charge in [0.15, 0.2) is 5.96 Å². The zero-order valence-electron chi connectivity index (χ0n) is 19.4. The predicted molar refractivity (Wildman–Crippen MR) is 145 cm³/mol. The monoisotopic (exact) mass is 571 g/mol. The molecule has 0 bridgehead atoms. The van der Waals surface area contributed by atoms with E-state index in [2.05, 4.69) is 75.1 Å². The van der Waals surface area contributed by atoms with Crippen LogP contribution in [0.1, 0.15) is 49.4 Å².